The quantitative estimate of drug-likeness (QED) is 0.802. The normalized spacial score (nSPS) is 19.4. The van der Waals surface area contributed by atoms with Gasteiger partial charge in [0.05, 0.1) is 13.2 Å². The smallest absolute Gasteiger partial charge is 0.0593 e. The molecule has 1 saturated heterocycles. The molecule has 3 heterocycles. The van der Waals surface area contributed by atoms with E-state index in [0.29, 0.717) is 5.92 Å². The lowest BCUT2D eigenvalue weighted by Gasteiger charge is -2.23. The molecular formula is C20H23N3O. The summed E-state index contributed by atoms with van der Waals surface area (Å²) < 4.78 is 5.86. The van der Waals surface area contributed by atoms with Crippen LogP contribution < -0.4 is 0 Å². The molecule has 4 heteroatoms. The molecule has 1 aromatic carbocycles. The van der Waals surface area contributed by atoms with Crippen molar-refractivity contribution in [1.82, 2.24) is 14.9 Å². The first-order valence-corrected chi connectivity index (χ1v) is 8.62. The van der Waals surface area contributed by atoms with Gasteiger partial charge in [-0.2, -0.15) is 0 Å². The first-order valence-electron chi connectivity index (χ1n) is 8.62. The number of aromatic amines is 1. The molecule has 4 rings (SSSR count). The molecule has 0 radical (unpaired) electrons. The van der Waals surface area contributed by atoms with Crippen LogP contribution in [0.2, 0.25) is 0 Å². The number of aromatic nitrogens is 2. The molecule has 24 heavy (non-hydrogen) atoms. The first kappa shape index (κ1) is 15.4. The average molecular weight is 321 g/mol. The summed E-state index contributed by atoms with van der Waals surface area (Å²) in [6.07, 6.45) is 6.85. The standard InChI is InChI=1S/C20H23N3O/c1-2-17(12-21-6-1)13-23-8-9-24-15-18(14-23)10-16-3-4-20-19(11-16)5-7-22-20/h1-7,11-12,18,22H,8-10,13-15H2/t18-/m1/s1. The molecule has 0 aliphatic carbocycles. The zero-order valence-electron chi connectivity index (χ0n) is 13.8. The number of hydrogen-bond acceptors (Lipinski definition) is 3. The van der Waals surface area contributed by atoms with Crippen LogP contribution >= 0.6 is 0 Å². The van der Waals surface area contributed by atoms with Crippen LogP contribution in [0.15, 0.2) is 55.0 Å². The van der Waals surface area contributed by atoms with Crippen LogP contribution in [0.3, 0.4) is 0 Å². The topological polar surface area (TPSA) is 41.2 Å². The SMILES string of the molecule is c1cncc(CN2CCOC[C@H](Cc3ccc4[nH]ccc4c3)C2)c1. The Hall–Kier alpha value is -2.17. The molecular weight excluding hydrogens is 298 g/mol. The Labute approximate surface area is 142 Å². The average Bonchev–Trinajstić information content (AvgIpc) is 2.96. The molecule has 1 fully saturated rings. The molecule has 1 N–H and O–H groups in total. The van der Waals surface area contributed by atoms with Gasteiger partial charge in [-0.15, -0.1) is 0 Å². The largest absolute Gasteiger partial charge is 0.380 e. The number of rotatable bonds is 4. The van der Waals surface area contributed by atoms with E-state index >= 15 is 0 Å². The Morgan fingerprint density at radius 3 is 3.12 bits per heavy atom. The Balaban J connectivity index is 1.43. The second kappa shape index (κ2) is 7.16. The molecule has 124 valence electrons. The molecule has 4 nitrogen and oxygen atoms in total. The van der Waals surface area contributed by atoms with Crippen LogP contribution in [-0.4, -0.2) is 41.2 Å². The van der Waals surface area contributed by atoms with Gasteiger partial charge < -0.3 is 9.72 Å². The highest BCUT2D eigenvalue weighted by Crippen LogP contribution is 2.19. The molecule has 0 bridgehead atoms. The molecule has 1 aliphatic rings. The molecule has 0 unspecified atom stereocenters. The molecule has 0 spiro atoms. The predicted molar refractivity (Wildman–Crippen MR) is 95.8 cm³/mol. The summed E-state index contributed by atoms with van der Waals surface area (Å²) in [4.78, 5) is 9.97. The van der Waals surface area contributed by atoms with Gasteiger partial charge in [0, 0.05) is 43.7 Å². The minimum absolute atomic E-state index is 0.528. The number of hydrogen-bond donors (Lipinski definition) is 1. The second-order valence-electron chi connectivity index (χ2n) is 6.64. The van der Waals surface area contributed by atoms with Crippen LogP contribution in [0.4, 0.5) is 0 Å². The molecule has 0 amide bonds. The number of ether oxygens (including phenoxy) is 1. The summed E-state index contributed by atoms with van der Waals surface area (Å²) in [5.41, 5.74) is 3.86. The van der Waals surface area contributed by atoms with Gasteiger partial charge in [-0.1, -0.05) is 12.1 Å². The molecule has 1 aliphatic heterocycles. The van der Waals surface area contributed by atoms with E-state index in [-0.39, 0.29) is 0 Å². The first-order chi connectivity index (χ1) is 11.9. The second-order valence-corrected chi connectivity index (χ2v) is 6.64. The van der Waals surface area contributed by atoms with E-state index in [1.165, 1.54) is 22.0 Å². The lowest BCUT2D eigenvalue weighted by atomic mass is 9.98. The van der Waals surface area contributed by atoms with Gasteiger partial charge in [0.15, 0.2) is 0 Å². The molecule has 3 aromatic rings. The maximum absolute atomic E-state index is 5.86. The van der Waals surface area contributed by atoms with Crippen molar-refractivity contribution < 1.29 is 4.74 Å². The lowest BCUT2D eigenvalue weighted by Crippen LogP contribution is -2.30. The Bertz CT molecular complexity index is 784. The van der Waals surface area contributed by atoms with Crippen LogP contribution in [0.1, 0.15) is 11.1 Å². The van der Waals surface area contributed by atoms with Crippen LogP contribution in [-0.2, 0) is 17.7 Å². The van der Waals surface area contributed by atoms with E-state index in [2.05, 4.69) is 45.2 Å². The van der Waals surface area contributed by atoms with Crippen molar-refractivity contribution in [3.8, 4) is 0 Å². The van der Waals surface area contributed by atoms with E-state index in [0.717, 1.165) is 39.3 Å². The summed E-state index contributed by atoms with van der Waals surface area (Å²) in [7, 11) is 0. The van der Waals surface area contributed by atoms with Gasteiger partial charge in [0.1, 0.15) is 0 Å². The summed E-state index contributed by atoms with van der Waals surface area (Å²) in [5, 5.41) is 1.29. The van der Waals surface area contributed by atoms with Crippen molar-refractivity contribution in [2.75, 3.05) is 26.3 Å². The number of pyridine rings is 1. The predicted octanol–water partition coefficient (Wildman–Crippen LogP) is 3.25. The summed E-state index contributed by atoms with van der Waals surface area (Å²) >= 11 is 0. The minimum atomic E-state index is 0.528. The third-order valence-electron chi connectivity index (χ3n) is 4.69. The van der Waals surface area contributed by atoms with Crippen molar-refractivity contribution in [2.45, 2.75) is 13.0 Å². The van der Waals surface area contributed by atoms with Gasteiger partial charge >= 0.3 is 0 Å². The van der Waals surface area contributed by atoms with Crippen molar-refractivity contribution >= 4 is 10.9 Å². The zero-order chi connectivity index (χ0) is 16.2. The fourth-order valence-electron chi connectivity index (χ4n) is 3.53. The van der Waals surface area contributed by atoms with E-state index in [9.17, 15) is 0 Å². The van der Waals surface area contributed by atoms with Crippen LogP contribution in [0, 0.1) is 5.92 Å². The monoisotopic (exact) mass is 321 g/mol. The van der Waals surface area contributed by atoms with Crippen molar-refractivity contribution in [2.24, 2.45) is 5.92 Å². The van der Waals surface area contributed by atoms with Gasteiger partial charge in [0.25, 0.3) is 0 Å². The Morgan fingerprint density at radius 2 is 2.21 bits per heavy atom. The van der Waals surface area contributed by atoms with E-state index in [1.54, 1.807) is 0 Å². The fraction of sp³-hybridized carbons (Fsp3) is 0.350. The number of nitrogens with one attached hydrogen (secondary N) is 1. The summed E-state index contributed by atoms with van der Waals surface area (Å²) in [6.45, 7) is 4.66. The number of H-pyrrole nitrogens is 1. The van der Waals surface area contributed by atoms with Crippen molar-refractivity contribution in [3.63, 3.8) is 0 Å². The molecule has 2 aromatic heterocycles. The fourth-order valence-corrected chi connectivity index (χ4v) is 3.53. The van der Waals surface area contributed by atoms with Crippen molar-refractivity contribution in [3.05, 3.63) is 66.1 Å². The number of fused-ring (bicyclic) bond motifs is 1. The minimum Gasteiger partial charge on any atom is -0.380 e. The Kier molecular flexibility index (Phi) is 4.58. The zero-order valence-corrected chi connectivity index (χ0v) is 13.8. The maximum Gasteiger partial charge on any atom is 0.0593 e. The summed E-state index contributed by atoms with van der Waals surface area (Å²) in [5.74, 6) is 0.528. The van der Waals surface area contributed by atoms with E-state index < -0.39 is 0 Å². The van der Waals surface area contributed by atoms with E-state index in [1.807, 2.05) is 24.7 Å². The Morgan fingerprint density at radius 1 is 1.21 bits per heavy atom. The highest BCUT2D eigenvalue weighted by molar-refractivity contribution is 5.79. The highest BCUT2D eigenvalue weighted by Gasteiger charge is 2.19. The maximum atomic E-state index is 5.86. The molecule has 0 saturated carbocycles. The van der Waals surface area contributed by atoms with Gasteiger partial charge in [0.2, 0.25) is 0 Å². The van der Waals surface area contributed by atoms with Crippen LogP contribution in [0.5, 0.6) is 0 Å². The highest BCUT2D eigenvalue weighted by atomic mass is 16.5. The van der Waals surface area contributed by atoms with Gasteiger partial charge in [-0.3, -0.25) is 9.88 Å². The number of benzene rings is 1. The third kappa shape index (κ3) is 3.66. The summed E-state index contributed by atoms with van der Waals surface area (Å²) in [6, 6.07) is 13.0. The van der Waals surface area contributed by atoms with Gasteiger partial charge in [-0.05, 0) is 53.1 Å². The number of nitrogens with zero attached hydrogens (tertiary/aromatic N) is 2. The third-order valence-corrected chi connectivity index (χ3v) is 4.69. The molecule has 1 atom stereocenters. The van der Waals surface area contributed by atoms with Gasteiger partial charge in [-0.25, -0.2) is 0 Å². The lowest BCUT2D eigenvalue weighted by molar-refractivity contribution is 0.121. The van der Waals surface area contributed by atoms with E-state index in [4.69, 9.17) is 4.74 Å². The van der Waals surface area contributed by atoms with Crippen LogP contribution in [0.25, 0.3) is 10.9 Å². The van der Waals surface area contributed by atoms with Crippen molar-refractivity contribution in [1.29, 1.82) is 0 Å².